The molecule has 146 valence electrons. The average molecular weight is 407 g/mol. The number of carbonyl (C=O) groups is 1. The van der Waals surface area contributed by atoms with Crippen molar-refractivity contribution in [3.05, 3.63) is 89.2 Å². The lowest BCUT2D eigenvalue weighted by molar-refractivity contribution is 0.0985. The molecule has 0 saturated carbocycles. The highest BCUT2D eigenvalue weighted by molar-refractivity contribution is 6.31. The molecule has 29 heavy (non-hydrogen) atoms. The van der Waals surface area contributed by atoms with Gasteiger partial charge in [0.25, 0.3) is 5.91 Å². The van der Waals surface area contributed by atoms with Crippen LogP contribution in [0, 0.1) is 0 Å². The minimum atomic E-state index is -0.248. The Hall–Kier alpha value is -3.31. The van der Waals surface area contributed by atoms with Gasteiger partial charge in [0.15, 0.2) is 11.5 Å². The Morgan fingerprint density at radius 1 is 1.03 bits per heavy atom. The number of benzene rings is 2. The van der Waals surface area contributed by atoms with Crippen LogP contribution >= 0.6 is 11.6 Å². The maximum absolute atomic E-state index is 13.2. The summed E-state index contributed by atoms with van der Waals surface area (Å²) in [4.78, 5) is 19.0. The molecule has 1 aliphatic heterocycles. The molecule has 1 aromatic heterocycles. The van der Waals surface area contributed by atoms with Crippen LogP contribution < -0.4 is 14.4 Å². The second-order valence-electron chi connectivity index (χ2n) is 6.42. The number of carbonyl (C=O) groups excluding carboxylic acids is 1. The number of halogens is 1. The van der Waals surface area contributed by atoms with Gasteiger partial charge in [-0.3, -0.25) is 9.78 Å². The molecule has 5 nitrogen and oxygen atoms in total. The van der Waals surface area contributed by atoms with E-state index in [0.717, 1.165) is 5.56 Å². The lowest BCUT2D eigenvalue weighted by atomic mass is 10.2. The minimum absolute atomic E-state index is 0.248. The summed E-state index contributed by atoms with van der Waals surface area (Å²) in [6, 6.07) is 18.6. The van der Waals surface area contributed by atoms with Crippen molar-refractivity contribution >= 4 is 29.3 Å². The molecule has 0 spiro atoms. The van der Waals surface area contributed by atoms with Crippen LogP contribution in [-0.4, -0.2) is 30.6 Å². The van der Waals surface area contributed by atoms with Crippen LogP contribution in [0.5, 0.6) is 11.5 Å². The molecule has 6 heteroatoms. The number of pyridine rings is 1. The van der Waals surface area contributed by atoms with Gasteiger partial charge in [-0.1, -0.05) is 54.1 Å². The first kappa shape index (κ1) is 19.0. The number of nitrogens with zero attached hydrogens (tertiary/aromatic N) is 2. The standard InChI is InChI=1S/C23H19ClN2O3/c24-18-10-11-25-20(15-18)23(27)26(12-4-7-17-5-2-1-3-6-17)19-8-9-21-22(16-19)29-14-13-28-21/h1-11,15-16H,12-14H2/b7-4-. The van der Waals surface area contributed by atoms with Crippen LogP contribution in [0.3, 0.4) is 0 Å². The Morgan fingerprint density at radius 3 is 2.62 bits per heavy atom. The fourth-order valence-corrected chi connectivity index (χ4v) is 3.18. The van der Waals surface area contributed by atoms with E-state index < -0.39 is 0 Å². The van der Waals surface area contributed by atoms with E-state index in [0.29, 0.717) is 42.0 Å². The number of amides is 1. The molecule has 4 rings (SSSR count). The molecule has 0 bridgehead atoms. The van der Waals surface area contributed by atoms with Crippen molar-refractivity contribution in [2.75, 3.05) is 24.7 Å². The van der Waals surface area contributed by atoms with E-state index in [-0.39, 0.29) is 11.6 Å². The second-order valence-corrected chi connectivity index (χ2v) is 6.85. The predicted octanol–water partition coefficient (Wildman–Crippen LogP) is 4.87. The third-order valence-corrected chi connectivity index (χ3v) is 4.66. The van der Waals surface area contributed by atoms with Gasteiger partial charge in [-0.25, -0.2) is 0 Å². The van der Waals surface area contributed by atoms with Crippen LogP contribution in [-0.2, 0) is 0 Å². The zero-order valence-electron chi connectivity index (χ0n) is 15.6. The molecule has 1 amide bonds. The van der Waals surface area contributed by atoms with Gasteiger partial charge in [0.05, 0.1) is 0 Å². The predicted molar refractivity (Wildman–Crippen MR) is 114 cm³/mol. The minimum Gasteiger partial charge on any atom is -0.486 e. The molecule has 0 aliphatic carbocycles. The molecule has 3 aromatic rings. The largest absolute Gasteiger partial charge is 0.486 e. The van der Waals surface area contributed by atoms with Crippen LogP contribution in [0.2, 0.25) is 5.02 Å². The molecule has 1 aliphatic rings. The molecule has 0 radical (unpaired) electrons. The fraction of sp³-hybridized carbons (Fsp3) is 0.130. The number of anilines is 1. The topological polar surface area (TPSA) is 51.7 Å². The maximum atomic E-state index is 13.2. The van der Waals surface area contributed by atoms with Gasteiger partial charge in [0.1, 0.15) is 18.9 Å². The number of hydrogen-bond acceptors (Lipinski definition) is 4. The molecule has 0 saturated heterocycles. The van der Waals surface area contributed by atoms with Crippen molar-refractivity contribution in [2.45, 2.75) is 0 Å². The summed E-state index contributed by atoms with van der Waals surface area (Å²) in [5, 5.41) is 0.463. The second kappa shape index (κ2) is 8.80. The van der Waals surface area contributed by atoms with Gasteiger partial charge >= 0.3 is 0 Å². The molecule has 2 aromatic carbocycles. The van der Waals surface area contributed by atoms with Gasteiger partial charge in [-0.2, -0.15) is 0 Å². The van der Waals surface area contributed by atoms with E-state index in [1.165, 1.54) is 6.20 Å². The first-order valence-electron chi connectivity index (χ1n) is 9.25. The van der Waals surface area contributed by atoms with Crippen LogP contribution in [0.4, 0.5) is 5.69 Å². The van der Waals surface area contributed by atoms with Gasteiger partial charge in [-0.05, 0) is 29.8 Å². The number of rotatable bonds is 5. The molecule has 0 unspecified atom stereocenters. The highest BCUT2D eigenvalue weighted by Crippen LogP contribution is 2.34. The normalized spacial score (nSPS) is 12.7. The number of aromatic nitrogens is 1. The summed E-state index contributed by atoms with van der Waals surface area (Å²) < 4.78 is 11.3. The number of fused-ring (bicyclic) bond motifs is 1. The average Bonchev–Trinajstić information content (AvgIpc) is 2.77. The summed E-state index contributed by atoms with van der Waals surface area (Å²) in [5.74, 6) is 1.05. The molecule has 0 N–H and O–H groups in total. The van der Waals surface area contributed by atoms with Gasteiger partial charge in [0, 0.05) is 29.5 Å². The van der Waals surface area contributed by atoms with Crippen molar-refractivity contribution in [3.8, 4) is 11.5 Å². The Kier molecular flexibility index (Phi) is 5.77. The zero-order valence-corrected chi connectivity index (χ0v) is 16.4. The van der Waals surface area contributed by atoms with Crippen LogP contribution in [0.25, 0.3) is 6.08 Å². The van der Waals surface area contributed by atoms with Gasteiger partial charge in [0.2, 0.25) is 0 Å². The molecular formula is C23H19ClN2O3. The molecular weight excluding hydrogens is 388 g/mol. The SMILES string of the molecule is O=C(c1cc(Cl)ccn1)N(C/C=C\c1ccccc1)c1ccc2c(c1)OCCO2. The van der Waals surface area contributed by atoms with Crippen molar-refractivity contribution in [1.82, 2.24) is 4.98 Å². The Labute approximate surface area is 174 Å². The van der Waals surface area contributed by atoms with Gasteiger partial charge < -0.3 is 14.4 Å². The van der Waals surface area contributed by atoms with E-state index in [9.17, 15) is 4.79 Å². The van der Waals surface area contributed by atoms with Crippen molar-refractivity contribution in [1.29, 1.82) is 0 Å². The summed E-state index contributed by atoms with van der Waals surface area (Å²) in [6.07, 6.45) is 5.44. The summed E-state index contributed by atoms with van der Waals surface area (Å²) >= 11 is 6.06. The van der Waals surface area contributed by atoms with Gasteiger partial charge in [-0.15, -0.1) is 0 Å². The Bertz CT molecular complexity index is 1040. The summed E-state index contributed by atoms with van der Waals surface area (Å²) in [6.45, 7) is 1.36. The Balaban J connectivity index is 1.65. The first-order valence-corrected chi connectivity index (χ1v) is 9.63. The molecule has 2 heterocycles. The maximum Gasteiger partial charge on any atom is 0.277 e. The Morgan fingerprint density at radius 2 is 1.83 bits per heavy atom. The fourth-order valence-electron chi connectivity index (χ4n) is 3.02. The lowest BCUT2D eigenvalue weighted by Crippen LogP contribution is -2.32. The molecule has 0 fully saturated rings. The summed E-state index contributed by atoms with van der Waals surface area (Å²) in [5.41, 5.74) is 2.03. The third-order valence-electron chi connectivity index (χ3n) is 4.42. The number of ether oxygens (including phenoxy) is 2. The van der Waals surface area contributed by atoms with E-state index in [2.05, 4.69) is 4.98 Å². The lowest BCUT2D eigenvalue weighted by Gasteiger charge is -2.24. The van der Waals surface area contributed by atoms with E-state index >= 15 is 0 Å². The number of hydrogen-bond donors (Lipinski definition) is 0. The van der Waals surface area contributed by atoms with Crippen LogP contribution in [0.15, 0.2) is 72.9 Å². The monoisotopic (exact) mass is 406 g/mol. The first-order chi connectivity index (χ1) is 14.2. The van der Waals surface area contributed by atoms with Crippen molar-refractivity contribution in [3.63, 3.8) is 0 Å². The summed E-state index contributed by atoms with van der Waals surface area (Å²) in [7, 11) is 0. The van der Waals surface area contributed by atoms with E-state index in [1.54, 1.807) is 17.0 Å². The van der Waals surface area contributed by atoms with Crippen LogP contribution in [0.1, 0.15) is 16.1 Å². The molecule has 0 atom stereocenters. The highest BCUT2D eigenvalue weighted by Gasteiger charge is 2.21. The van der Waals surface area contributed by atoms with Crippen molar-refractivity contribution < 1.29 is 14.3 Å². The van der Waals surface area contributed by atoms with Crippen molar-refractivity contribution in [2.24, 2.45) is 0 Å². The zero-order chi connectivity index (χ0) is 20.1. The smallest absolute Gasteiger partial charge is 0.277 e. The van der Waals surface area contributed by atoms with E-state index in [1.807, 2.05) is 60.7 Å². The third kappa shape index (κ3) is 4.58. The highest BCUT2D eigenvalue weighted by atomic mass is 35.5. The quantitative estimate of drug-likeness (QED) is 0.606. The van der Waals surface area contributed by atoms with E-state index in [4.69, 9.17) is 21.1 Å².